The molecule has 1 unspecified atom stereocenters. The molecule has 0 fully saturated rings. The van der Waals surface area contributed by atoms with Gasteiger partial charge in [0, 0.05) is 0 Å². The summed E-state index contributed by atoms with van der Waals surface area (Å²) in [5.74, 6) is 0.185. The molecule has 0 heterocycles. The second kappa shape index (κ2) is 3.45. The van der Waals surface area contributed by atoms with E-state index in [9.17, 15) is 5.11 Å². The van der Waals surface area contributed by atoms with Crippen LogP contribution in [0.4, 0.5) is 0 Å². The summed E-state index contributed by atoms with van der Waals surface area (Å²) in [5.41, 5.74) is -1.17. The van der Waals surface area contributed by atoms with Gasteiger partial charge >= 0.3 is 0 Å². The first-order valence-electron chi connectivity index (χ1n) is 4.35. The van der Waals surface area contributed by atoms with Crippen molar-refractivity contribution in [1.29, 1.82) is 5.26 Å². The molecule has 0 aromatic heterocycles. The molecule has 0 aliphatic carbocycles. The lowest BCUT2D eigenvalue weighted by Gasteiger charge is -2.32. The molecule has 0 amide bonds. The highest BCUT2D eigenvalue weighted by Crippen LogP contribution is 2.31. The molecule has 0 spiro atoms. The molecule has 0 aromatic rings. The van der Waals surface area contributed by atoms with E-state index in [-0.39, 0.29) is 5.92 Å². The van der Waals surface area contributed by atoms with Crippen LogP contribution in [0.5, 0.6) is 0 Å². The molecule has 0 saturated heterocycles. The summed E-state index contributed by atoms with van der Waals surface area (Å²) in [5, 5.41) is 18.7. The molecule has 0 rings (SSSR count). The van der Waals surface area contributed by atoms with Gasteiger partial charge in [-0.1, -0.05) is 13.8 Å². The number of hydrogen-bond donors (Lipinski definition) is 1. The van der Waals surface area contributed by atoms with Crippen LogP contribution in [0.25, 0.3) is 0 Å². The molecule has 0 radical (unpaired) electrons. The summed E-state index contributed by atoms with van der Waals surface area (Å²) >= 11 is 0. The van der Waals surface area contributed by atoms with Gasteiger partial charge in [0.1, 0.15) is 0 Å². The molecule has 12 heavy (non-hydrogen) atoms. The largest absolute Gasteiger partial charge is 0.390 e. The lowest BCUT2D eigenvalue weighted by atomic mass is 9.77. The zero-order chi connectivity index (χ0) is 9.99. The predicted octanol–water partition coefficient (Wildman–Crippen LogP) is 2.33. The van der Waals surface area contributed by atoms with Crippen LogP contribution >= 0.6 is 0 Å². The molecule has 1 atom stereocenters. The Balaban J connectivity index is 4.37. The second-order valence-corrected chi connectivity index (χ2v) is 4.68. The minimum atomic E-state index is -0.737. The third-order valence-corrected chi connectivity index (χ3v) is 2.35. The summed E-state index contributed by atoms with van der Waals surface area (Å²) in [4.78, 5) is 0. The van der Waals surface area contributed by atoms with E-state index in [0.717, 1.165) is 0 Å². The third-order valence-electron chi connectivity index (χ3n) is 2.35. The molecule has 0 saturated carbocycles. The van der Waals surface area contributed by atoms with Gasteiger partial charge in [0.2, 0.25) is 0 Å². The number of rotatable bonds is 3. The third kappa shape index (κ3) is 3.23. The monoisotopic (exact) mass is 169 g/mol. The summed E-state index contributed by atoms with van der Waals surface area (Å²) < 4.78 is 0. The first-order chi connectivity index (χ1) is 5.21. The van der Waals surface area contributed by atoms with E-state index in [1.165, 1.54) is 0 Å². The van der Waals surface area contributed by atoms with Crippen molar-refractivity contribution in [2.75, 3.05) is 0 Å². The van der Waals surface area contributed by atoms with Gasteiger partial charge in [0.25, 0.3) is 0 Å². The highest BCUT2D eigenvalue weighted by Gasteiger charge is 2.32. The van der Waals surface area contributed by atoms with Gasteiger partial charge in [-0.05, 0) is 33.1 Å². The topological polar surface area (TPSA) is 44.0 Å². The molecule has 70 valence electrons. The maximum Gasteiger partial charge on any atom is 0.0685 e. The van der Waals surface area contributed by atoms with Crippen LogP contribution in [0.3, 0.4) is 0 Å². The Labute approximate surface area is 75.2 Å². The standard InChI is InChI=1S/C10H19NO/c1-8(2)10(5,12)6-9(3,4)7-11/h8,12H,6H2,1-5H3. The fraction of sp³-hybridized carbons (Fsp3) is 0.900. The van der Waals surface area contributed by atoms with Gasteiger partial charge in [-0.2, -0.15) is 5.26 Å². The van der Waals surface area contributed by atoms with Crippen molar-refractivity contribution in [1.82, 2.24) is 0 Å². The highest BCUT2D eigenvalue weighted by molar-refractivity contribution is 4.97. The Bertz CT molecular complexity index is 187. The molecule has 2 heteroatoms. The van der Waals surface area contributed by atoms with Crippen molar-refractivity contribution < 1.29 is 5.11 Å². The molecule has 1 N–H and O–H groups in total. The van der Waals surface area contributed by atoms with Crippen LogP contribution in [0, 0.1) is 22.7 Å². The number of hydrogen-bond acceptors (Lipinski definition) is 2. The SMILES string of the molecule is CC(C)C(C)(O)CC(C)(C)C#N. The minimum absolute atomic E-state index is 0.185. The Morgan fingerprint density at radius 2 is 1.75 bits per heavy atom. The van der Waals surface area contributed by atoms with Crippen molar-refractivity contribution in [3.63, 3.8) is 0 Å². The van der Waals surface area contributed by atoms with Crippen LogP contribution in [-0.2, 0) is 0 Å². The molecule has 0 aromatic carbocycles. The van der Waals surface area contributed by atoms with Crippen LogP contribution in [-0.4, -0.2) is 10.7 Å². The van der Waals surface area contributed by atoms with E-state index in [4.69, 9.17) is 5.26 Å². The van der Waals surface area contributed by atoms with Crippen molar-refractivity contribution >= 4 is 0 Å². The first kappa shape index (κ1) is 11.4. The van der Waals surface area contributed by atoms with Gasteiger partial charge in [0.15, 0.2) is 0 Å². The summed E-state index contributed by atoms with van der Waals surface area (Å²) in [7, 11) is 0. The van der Waals surface area contributed by atoms with Crippen molar-refractivity contribution in [3.8, 4) is 6.07 Å². The van der Waals surface area contributed by atoms with Crippen LogP contribution in [0.15, 0.2) is 0 Å². The lowest BCUT2D eigenvalue weighted by molar-refractivity contribution is -0.0150. The average molecular weight is 169 g/mol. The summed E-state index contributed by atoms with van der Waals surface area (Å²) in [6.45, 7) is 9.42. The normalized spacial score (nSPS) is 17.2. The zero-order valence-corrected chi connectivity index (χ0v) is 8.68. The molecular weight excluding hydrogens is 150 g/mol. The van der Waals surface area contributed by atoms with Crippen molar-refractivity contribution in [2.24, 2.45) is 11.3 Å². The Kier molecular flexibility index (Phi) is 3.29. The molecule has 0 aliphatic rings. The van der Waals surface area contributed by atoms with Gasteiger partial charge in [-0.15, -0.1) is 0 Å². The molecule has 0 aliphatic heterocycles. The fourth-order valence-corrected chi connectivity index (χ4v) is 1.14. The maximum absolute atomic E-state index is 9.91. The minimum Gasteiger partial charge on any atom is -0.390 e. The molecular formula is C10H19NO. The van der Waals surface area contributed by atoms with Crippen molar-refractivity contribution in [3.05, 3.63) is 0 Å². The summed E-state index contributed by atoms with van der Waals surface area (Å²) in [6.07, 6.45) is 0.522. The van der Waals surface area contributed by atoms with Crippen molar-refractivity contribution in [2.45, 2.75) is 46.6 Å². The van der Waals surface area contributed by atoms with E-state index in [2.05, 4.69) is 6.07 Å². The number of nitriles is 1. The quantitative estimate of drug-likeness (QED) is 0.704. The lowest BCUT2D eigenvalue weighted by Crippen LogP contribution is -2.36. The molecule has 2 nitrogen and oxygen atoms in total. The number of aliphatic hydroxyl groups is 1. The zero-order valence-electron chi connectivity index (χ0n) is 8.68. The Morgan fingerprint density at radius 1 is 1.33 bits per heavy atom. The van der Waals surface area contributed by atoms with E-state index in [0.29, 0.717) is 6.42 Å². The van der Waals surface area contributed by atoms with Gasteiger partial charge in [-0.25, -0.2) is 0 Å². The number of nitrogens with zero attached hydrogens (tertiary/aromatic N) is 1. The van der Waals surface area contributed by atoms with Crippen LogP contribution < -0.4 is 0 Å². The van der Waals surface area contributed by atoms with Gasteiger partial charge < -0.3 is 5.11 Å². The maximum atomic E-state index is 9.91. The Morgan fingerprint density at radius 3 is 2.00 bits per heavy atom. The second-order valence-electron chi connectivity index (χ2n) is 4.68. The molecule has 0 bridgehead atoms. The smallest absolute Gasteiger partial charge is 0.0685 e. The van der Waals surface area contributed by atoms with Crippen LogP contribution in [0.1, 0.15) is 41.0 Å². The first-order valence-corrected chi connectivity index (χ1v) is 4.35. The van der Waals surface area contributed by atoms with E-state index >= 15 is 0 Å². The van der Waals surface area contributed by atoms with E-state index in [1.54, 1.807) is 6.92 Å². The van der Waals surface area contributed by atoms with Gasteiger partial charge in [0.05, 0.1) is 17.1 Å². The Hall–Kier alpha value is -0.550. The van der Waals surface area contributed by atoms with Gasteiger partial charge in [-0.3, -0.25) is 0 Å². The average Bonchev–Trinajstić information content (AvgIpc) is 1.85. The van der Waals surface area contributed by atoms with E-state index < -0.39 is 11.0 Å². The predicted molar refractivity (Wildman–Crippen MR) is 49.5 cm³/mol. The highest BCUT2D eigenvalue weighted by atomic mass is 16.3. The summed E-state index contributed by atoms with van der Waals surface area (Å²) in [6, 6.07) is 2.19. The van der Waals surface area contributed by atoms with Crippen LogP contribution in [0.2, 0.25) is 0 Å². The fourth-order valence-electron chi connectivity index (χ4n) is 1.14. The van der Waals surface area contributed by atoms with E-state index in [1.807, 2.05) is 27.7 Å².